The normalized spacial score (nSPS) is 13.1. The minimum atomic E-state index is 0.546. The lowest BCUT2D eigenvalue weighted by molar-refractivity contribution is 0.245. The predicted octanol–water partition coefficient (Wildman–Crippen LogP) is 4.46. The Kier molecular flexibility index (Phi) is 5.70. The smallest absolute Gasteiger partial charge is 0.134 e. The van der Waals surface area contributed by atoms with Gasteiger partial charge < -0.3 is 0 Å². The number of thioether (sulfide) groups is 1. The molecule has 0 saturated carbocycles. The summed E-state index contributed by atoms with van der Waals surface area (Å²) >= 11 is 8.21. The number of benzene rings is 1. The van der Waals surface area contributed by atoms with Crippen LogP contribution in [0.25, 0.3) is 10.9 Å². The second-order valence-corrected chi connectivity index (χ2v) is 6.52. The lowest BCUT2D eigenvalue weighted by Crippen LogP contribution is -2.29. The molecule has 0 N–H and O–H groups in total. The molecule has 2 nitrogen and oxygen atoms in total. The van der Waals surface area contributed by atoms with Gasteiger partial charge in [-0.15, -0.1) is 0 Å². The van der Waals surface area contributed by atoms with E-state index in [9.17, 15) is 0 Å². The monoisotopic (exact) mass is 308 g/mol. The summed E-state index contributed by atoms with van der Waals surface area (Å²) in [6.45, 7) is 3.10. The summed E-state index contributed by atoms with van der Waals surface area (Å²) in [5.74, 6) is 1.19. The highest BCUT2D eigenvalue weighted by Crippen LogP contribution is 2.22. The van der Waals surface area contributed by atoms with Crippen LogP contribution in [0.4, 0.5) is 0 Å². The summed E-state index contributed by atoms with van der Waals surface area (Å²) in [5.41, 5.74) is 2.06. The molecule has 20 heavy (non-hydrogen) atoms. The van der Waals surface area contributed by atoms with Crippen molar-refractivity contribution in [1.82, 2.24) is 9.88 Å². The molecule has 0 amide bonds. The largest absolute Gasteiger partial charge is 0.299 e. The Morgan fingerprint density at radius 2 is 2.10 bits per heavy atom. The second-order valence-electron chi connectivity index (χ2n) is 5.18. The Balaban J connectivity index is 2.14. The van der Waals surface area contributed by atoms with Crippen LogP contribution in [0.1, 0.15) is 18.9 Å². The first-order valence-electron chi connectivity index (χ1n) is 6.85. The molecular weight excluding hydrogens is 288 g/mol. The van der Waals surface area contributed by atoms with Crippen LogP contribution in [0, 0.1) is 0 Å². The molecule has 0 fully saturated rings. The topological polar surface area (TPSA) is 16.1 Å². The van der Waals surface area contributed by atoms with E-state index in [1.807, 2.05) is 30.0 Å². The average molecular weight is 309 g/mol. The molecule has 0 aliphatic rings. The molecule has 0 radical (unpaired) electrons. The van der Waals surface area contributed by atoms with Crippen molar-refractivity contribution in [3.8, 4) is 0 Å². The van der Waals surface area contributed by atoms with Gasteiger partial charge in [-0.3, -0.25) is 4.90 Å². The average Bonchev–Trinajstić information content (AvgIpc) is 2.45. The van der Waals surface area contributed by atoms with Crippen molar-refractivity contribution in [3.05, 3.63) is 41.0 Å². The number of hydrogen-bond donors (Lipinski definition) is 0. The summed E-state index contributed by atoms with van der Waals surface area (Å²) in [6, 6.07) is 10.8. The quantitative estimate of drug-likeness (QED) is 0.733. The maximum Gasteiger partial charge on any atom is 0.134 e. The van der Waals surface area contributed by atoms with Crippen molar-refractivity contribution in [2.24, 2.45) is 0 Å². The molecule has 1 aromatic carbocycles. The fourth-order valence-electron chi connectivity index (χ4n) is 2.18. The van der Waals surface area contributed by atoms with E-state index in [0.717, 1.165) is 23.0 Å². The molecule has 0 aliphatic heterocycles. The minimum absolute atomic E-state index is 0.546. The molecule has 108 valence electrons. The van der Waals surface area contributed by atoms with Gasteiger partial charge in [-0.2, -0.15) is 11.8 Å². The van der Waals surface area contributed by atoms with Crippen molar-refractivity contribution in [2.75, 3.05) is 19.1 Å². The Morgan fingerprint density at radius 3 is 2.85 bits per heavy atom. The van der Waals surface area contributed by atoms with Crippen molar-refractivity contribution in [3.63, 3.8) is 0 Å². The van der Waals surface area contributed by atoms with Gasteiger partial charge in [0.1, 0.15) is 5.15 Å². The first-order valence-corrected chi connectivity index (χ1v) is 8.62. The lowest BCUT2D eigenvalue weighted by atomic mass is 10.1. The van der Waals surface area contributed by atoms with Gasteiger partial charge in [0, 0.05) is 23.5 Å². The van der Waals surface area contributed by atoms with Crippen LogP contribution in [0.5, 0.6) is 0 Å². The predicted molar refractivity (Wildman–Crippen MR) is 90.7 cm³/mol. The zero-order chi connectivity index (χ0) is 14.5. The van der Waals surface area contributed by atoms with Crippen LogP contribution in [-0.4, -0.2) is 35.0 Å². The van der Waals surface area contributed by atoms with Gasteiger partial charge in [-0.05, 0) is 44.5 Å². The Bertz CT molecular complexity index is 573. The highest BCUT2D eigenvalue weighted by molar-refractivity contribution is 7.98. The number of para-hydroxylation sites is 1. The SMILES string of the molecule is CSCCC(C)N(C)Cc1cc2ccccc2nc1Cl. The fraction of sp³-hybridized carbons (Fsp3) is 0.438. The minimum Gasteiger partial charge on any atom is -0.299 e. The third-order valence-corrected chi connectivity index (χ3v) is 4.63. The molecule has 0 bridgehead atoms. The zero-order valence-corrected chi connectivity index (χ0v) is 13.8. The van der Waals surface area contributed by atoms with Crippen molar-refractivity contribution in [1.29, 1.82) is 0 Å². The molecule has 1 atom stereocenters. The van der Waals surface area contributed by atoms with E-state index in [-0.39, 0.29) is 0 Å². The molecule has 1 unspecified atom stereocenters. The first kappa shape index (κ1) is 15.6. The lowest BCUT2D eigenvalue weighted by Gasteiger charge is -2.25. The number of halogens is 1. The van der Waals surface area contributed by atoms with Crippen LogP contribution in [0.2, 0.25) is 5.15 Å². The van der Waals surface area contributed by atoms with Crippen LogP contribution < -0.4 is 0 Å². The molecule has 1 heterocycles. The van der Waals surface area contributed by atoms with Crippen LogP contribution in [0.3, 0.4) is 0 Å². The van der Waals surface area contributed by atoms with Crippen LogP contribution in [-0.2, 0) is 6.54 Å². The third-order valence-electron chi connectivity index (χ3n) is 3.66. The van der Waals surface area contributed by atoms with E-state index in [0.29, 0.717) is 11.2 Å². The number of nitrogens with zero attached hydrogens (tertiary/aromatic N) is 2. The summed E-state index contributed by atoms with van der Waals surface area (Å²) in [6.07, 6.45) is 3.34. The van der Waals surface area contributed by atoms with Gasteiger partial charge in [0.25, 0.3) is 0 Å². The van der Waals surface area contributed by atoms with Gasteiger partial charge >= 0.3 is 0 Å². The van der Waals surface area contributed by atoms with Gasteiger partial charge in [0.05, 0.1) is 5.52 Å². The molecule has 2 aromatic rings. The maximum atomic E-state index is 6.31. The number of fused-ring (bicyclic) bond motifs is 1. The Morgan fingerprint density at radius 1 is 1.35 bits per heavy atom. The molecular formula is C16H21ClN2S. The number of aromatic nitrogens is 1. The van der Waals surface area contributed by atoms with Gasteiger partial charge in [-0.1, -0.05) is 29.8 Å². The number of pyridine rings is 1. The van der Waals surface area contributed by atoms with Gasteiger partial charge in [0.15, 0.2) is 0 Å². The highest BCUT2D eigenvalue weighted by atomic mass is 35.5. The third kappa shape index (κ3) is 3.87. The van der Waals surface area contributed by atoms with Crippen molar-refractivity contribution < 1.29 is 0 Å². The molecule has 1 aromatic heterocycles. The molecule has 0 aliphatic carbocycles. The Labute approximate surface area is 130 Å². The molecule has 2 rings (SSSR count). The summed E-state index contributed by atoms with van der Waals surface area (Å²) in [5, 5.41) is 1.77. The van der Waals surface area contributed by atoms with Gasteiger partial charge in [0.2, 0.25) is 0 Å². The maximum absolute atomic E-state index is 6.31. The molecule has 0 spiro atoms. The van der Waals surface area contributed by atoms with E-state index >= 15 is 0 Å². The van der Waals surface area contributed by atoms with Crippen molar-refractivity contribution in [2.45, 2.75) is 25.9 Å². The summed E-state index contributed by atoms with van der Waals surface area (Å²) in [4.78, 5) is 6.83. The van der Waals surface area contributed by atoms with E-state index < -0.39 is 0 Å². The molecule has 4 heteroatoms. The van der Waals surface area contributed by atoms with E-state index in [1.165, 1.54) is 12.2 Å². The zero-order valence-electron chi connectivity index (χ0n) is 12.3. The Hall–Kier alpha value is -0.770. The molecule has 0 saturated heterocycles. The number of rotatable bonds is 6. The van der Waals surface area contributed by atoms with Crippen molar-refractivity contribution >= 4 is 34.3 Å². The highest BCUT2D eigenvalue weighted by Gasteiger charge is 2.12. The van der Waals surface area contributed by atoms with E-state index in [2.05, 4.69) is 42.2 Å². The first-order chi connectivity index (χ1) is 9.61. The standard InChI is InChI=1S/C16H21ClN2S/c1-12(8-9-20-3)19(2)11-14-10-13-6-4-5-7-15(13)18-16(14)17/h4-7,10,12H,8-9,11H2,1-3H3. The van der Waals surface area contributed by atoms with Crippen LogP contribution in [0.15, 0.2) is 30.3 Å². The van der Waals surface area contributed by atoms with Crippen LogP contribution >= 0.6 is 23.4 Å². The number of hydrogen-bond acceptors (Lipinski definition) is 3. The second kappa shape index (κ2) is 7.30. The summed E-state index contributed by atoms with van der Waals surface area (Å²) in [7, 11) is 2.15. The van der Waals surface area contributed by atoms with E-state index in [1.54, 1.807) is 0 Å². The van der Waals surface area contributed by atoms with Gasteiger partial charge in [-0.25, -0.2) is 4.98 Å². The summed E-state index contributed by atoms with van der Waals surface area (Å²) < 4.78 is 0. The fourth-order valence-corrected chi connectivity index (χ4v) is 2.96. The van der Waals surface area contributed by atoms with E-state index in [4.69, 9.17) is 11.6 Å².